The summed E-state index contributed by atoms with van der Waals surface area (Å²) in [6.45, 7) is 2.99. The van der Waals surface area contributed by atoms with Crippen LogP contribution in [0.1, 0.15) is 24.8 Å². The van der Waals surface area contributed by atoms with Gasteiger partial charge < -0.3 is 4.74 Å². The topological polar surface area (TPSA) is 55.6 Å². The van der Waals surface area contributed by atoms with Crippen LogP contribution in [0.15, 0.2) is 24.3 Å². The summed E-state index contributed by atoms with van der Waals surface area (Å²) < 4.78 is 5.57. The molecule has 0 aromatic heterocycles. The standard InChI is InChI=1S/C13H18N2O3/c16-15(17)13-7-3-2-6-12(13)10-18-11-14-8-4-1-5-9-14/h2-3,6-7H,1,4-5,8-11H2. The maximum Gasteiger partial charge on any atom is 0.274 e. The van der Waals surface area contributed by atoms with Crippen LogP contribution in [0.2, 0.25) is 0 Å². The number of hydrogen-bond donors (Lipinski definition) is 0. The summed E-state index contributed by atoms with van der Waals surface area (Å²) in [4.78, 5) is 12.7. The number of nitro groups is 1. The third-order valence-corrected chi connectivity index (χ3v) is 3.17. The van der Waals surface area contributed by atoms with E-state index in [0.29, 0.717) is 18.9 Å². The predicted octanol–water partition coefficient (Wildman–Crippen LogP) is 2.55. The van der Waals surface area contributed by atoms with Gasteiger partial charge in [0.05, 0.1) is 23.8 Å². The van der Waals surface area contributed by atoms with Crippen LogP contribution in [0, 0.1) is 10.1 Å². The number of benzene rings is 1. The molecule has 1 aromatic rings. The van der Waals surface area contributed by atoms with Gasteiger partial charge in [0.15, 0.2) is 0 Å². The lowest BCUT2D eigenvalue weighted by Gasteiger charge is -2.25. The van der Waals surface area contributed by atoms with E-state index in [2.05, 4.69) is 4.90 Å². The van der Waals surface area contributed by atoms with Gasteiger partial charge in [-0.3, -0.25) is 15.0 Å². The zero-order chi connectivity index (χ0) is 12.8. The molecule has 98 valence electrons. The number of piperidine rings is 1. The van der Waals surface area contributed by atoms with Crippen molar-refractivity contribution in [2.45, 2.75) is 25.9 Å². The van der Waals surface area contributed by atoms with E-state index in [1.165, 1.54) is 25.3 Å². The lowest BCUT2D eigenvalue weighted by atomic mass is 10.1. The van der Waals surface area contributed by atoms with E-state index >= 15 is 0 Å². The molecule has 0 saturated carbocycles. The second kappa shape index (κ2) is 6.47. The summed E-state index contributed by atoms with van der Waals surface area (Å²) in [7, 11) is 0. The van der Waals surface area contributed by atoms with Crippen LogP contribution < -0.4 is 0 Å². The van der Waals surface area contributed by atoms with E-state index in [0.717, 1.165) is 13.1 Å². The molecule has 0 radical (unpaired) electrons. The Hall–Kier alpha value is -1.46. The van der Waals surface area contributed by atoms with Crippen LogP contribution in [0.3, 0.4) is 0 Å². The first-order valence-electron chi connectivity index (χ1n) is 6.30. The molecule has 1 aliphatic rings. The van der Waals surface area contributed by atoms with Gasteiger partial charge in [-0.2, -0.15) is 0 Å². The molecule has 1 heterocycles. The molecule has 0 atom stereocenters. The molecule has 0 unspecified atom stereocenters. The van der Waals surface area contributed by atoms with Gasteiger partial charge in [0, 0.05) is 19.2 Å². The summed E-state index contributed by atoms with van der Waals surface area (Å²) in [6.07, 6.45) is 3.73. The third kappa shape index (κ3) is 3.51. The largest absolute Gasteiger partial charge is 0.361 e. The number of ether oxygens (including phenoxy) is 1. The highest BCUT2D eigenvalue weighted by Crippen LogP contribution is 2.18. The highest BCUT2D eigenvalue weighted by atomic mass is 16.6. The maximum absolute atomic E-state index is 10.8. The normalized spacial score (nSPS) is 16.7. The molecule has 18 heavy (non-hydrogen) atoms. The minimum Gasteiger partial charge on any atom is -0.361 e. The van der Waals surface area contributed by atoms with E-state index in [9.17, 15) is 10.1 Å². The zero-order valence-corrected chi connectivity index (χ0v) is 10.4. The molecule has 0 aliphatic carbocycles. The highest BCUT2D eigenvalue weighted by molar-refractivity contribution is 5.39. The van der Waals surface area contributed by atoms with Gasteiger partial charge in [0.2, 0.25) is 0 Å². The van der Waals surface area contributed by atoms with Crippen molar-refractivity contribution in [2.75, 3.05) is 19.8 Å². The molecule has 5 heteroatoms. The van der Waals surface area contributed by atoms with Crippen molar-refractivity contribution in [1.82, 2.24) is 4.90 Å². The first-order chi connectivity index (χ1) is 8.77. The number of nitro benzene ring substituents is 1. The molecule has 5 nitrogen and oxygen atoms in total. The predicted molar refractivity (Wildman–Crippen MR) is 68.2 cm³/mol. The number of rotatable bonds is 5. The molecule has 2 rings (SSSR count). The second-order valence-corrected chi connectivity index (χ2v) is 4.54. The number of nitrogens with zero attached hydrogens (tertiary/aromatic N) is 2. The molecule has 0 N–H and O–H groups in total. The summed E-state index contributed by atoms with van der Waals surface area (Å²) >= 11 is 0. The molecular formula is C13H18N2O3. The minimum absolute atomic E-state index is 0.135. The van der Waals surface area contributed by atoms with E-state index in [4.69, 9.17) is 4.74 Å². The number of likely N-dealkylation sites (tertiary alicyclic amines) is 1. The van der Waals surface area contributed by atoms with Crippen molar-refractivity contribution >= 4 is 5.69 Å². The van der Waals surface area contributed by atoms with Crippen molar-refractivity contribution in [1.29, 1.82) is 0 Å². The van der Waals surface area contributed by atoms with Gasteiger partial charge in [0.1, 0.15) is 0 Å². The number of hydrogen-bond acceptors (Lipinski definition) is 4. The van der Waals surface area contributed by atoms with Gasteiger partial charge in [-0.15, -0.1) is 0 Å². The fourth-order valence-electron chi connectivity index (χ4n) is 2.18. The Balaban J connectivity index is 1.84. The molecule has 1 saturated heterocycles. The summed E-state index contributed by atoms with van der Waals surface area (Å²) in [5.41, 5.74) is 0.774. The minimum atomic E-state index is -0.362. The molecule has 0 spiro atoms. The lowest BCUT2D eigenvalue weighted by molar-refractivity contribution is -0.386. The fourth-order valence-corrected chi connectivity index (χ4v) is 2.18. The van der Waals surface area contributed by atoms with E-state index in [1.807, 2.05) is 0 Å². The van der Waals surface area contributed by atoms with Crippen LogP contribution in [-0.4, -0.2) is 29.6 Å². The Morgan fingerprint density at radius 2 is 1.94 bits per heavy atom. The van der Waals surface area contributed by atoms with Crippen LogP contribution in [-0.2, 0) is 11.3 Å². The summed E-state index contributed by atoms with van der Waals surface area (Å²) in [5, 5.41) is 10.8. The van der Waals surface area contributed by atoms with Gasteiger partial charge in [-0.25, -0.2) is 0 Å². The molecule has 1 aromatic carbocycles. The van der Waals surface area contributed by atoms with Crippen molar-refractivity contribution in [3.63, 3.8) is 0 Å². The molecular weight excluding hydrogens is 232 g/mol. The van der Waals surface area contributed by atoms with E-state index in [-0.39, 0.29) is 10.6 Å². The SMILES string of the molecule is O=[N+]([O-])c1ccccc1COCN1CCCCC1. The summed E-state index contributed by atoms with van der Waals surface area (Å²) in [6, 6.07) is 6.73. The van der Waals surface area contributed by atoms with Gasteiger partial charge >= 0.3 is 0 Å². The Morgan fingerprint density at radius 1 is 1.22 bits per heavy atom. The van der Waals surface area contributed by atoms with Crippen LogP contribution in [0.5, 0.6) is 0 Å². The van der Waals surface area contributed by atoms with Crippen molar-refractivity contribution in [3.8, 4) is 0 Å². The molecule has 0 amide bonds. The zero-order valence-electron chi connectivity index (χ0n) is 10.4. The second-order valence-electron chi connectivity index (χ2n) is 4.54. The Bertz CT molecular complexity index is 403. The molecule has 1 aliphatic heterocycles. The third-order valence-electron chi connectivity index (χ3n) is 3.17. The van der Waals surface area contributed by atoms with E-state index in [1.54, 1.807) is 18.2 Å². The first-order valence-corrected chi connectivity index (χ1v) is 6.30. The monoisotopic (exact) mass is 250 g/mol. The fraction of sp³-hybridized carbons (Fsp3) is 0.538. The Labute approximate surface area is 107 Å². The lowest BCUT2D eigenvalue weighted by Crippen LogP contribution is -2.31. The van der Waals surface area contributed by atoms with Crippen LogP contribution >= 0.6 is 0 Å². The van der Waals surface area contributed by atoms with Crippen LogP contribution in [0.25, 0.3) is 0 Å². The Morgan fingerprint density at radius 3 is 2.67 bits per heavy atom. The molecule has 1 fully saturated rings. The van der Waals surface area contributed by atoms with Crippen molar-refractivity contribution in [2.24, 2.45) is 0 Å². The quantitative estimate of drug-likeness (QED) is 0.595. The average molecular weight is 250 g/mol. The average Bonchev–Trinajstić information content (AvgIpc) is 2.40. The highest BCUT2D eigenvalue weighted by Gasteiger charge is 2.13. The van der Waals surface area contributed by atoms with Gasteiger partial charge in [-0.1, -0.05) is 18.6 Å². The number of para-hydroxylation sites is 1. The Kier molecular flexibility index (Phi) is 4.66. The maximum atomic E-state index is 10.8. The van der Waals surface area contributed by atoms with E-state index < -0.39 is 0 Å². The van der Waals surface area contributed by atoms with Crippen molar-refractivity contribution < 1.29 is 9.66 Å². The van der Waals surface area contributed by atoms with Crippen LogP contribution in [0.4, 0.5) is 5.69 Å². The first kappa shape index (κ1) is 13.0. The van der Waals surface area contributed by atoms with Crippen molar-refractivity contribution in [3.05, 3.63) is 39.9 Å². The van der Waals surface area contributed by atoms with Gasteiger partial charge in [-0.05, 0) is 18.9 Å². The smallest absolute Gasteiger partial charge is 0.274 e. The molecule has 0 bridgehead atoms. The summed E-state index contributed by atoms with van der Waals surface area (Å²) in [5.74, 6) is 0. The van der Waals surface area contributed by atoms with Gasteiger partial charge in [0.25, 0.3) is 5.69 Å².